The molecule has 0 saturated heterocycles. The molecule has 1 atom stereocenters. The van der Waals surface area contributed by atoms with Crippen LogP contribution in [-0.2, 0) is 0 Å². The molecule has 0 bridgehead atoms. The van der Waals surface area contributed by atoms with Crippen LogP contribution >= 0.6 is 0 Å². The van der Waals surface area contributed by atoms with E-state index in [2.05, 4.69) is 21.4 Å². The summed E-state index contributed by atoms with van der Waals surface area (Å²) in [6.45, 7) is 13.4. The van der Waals surface area contributed by atoms with E-state index in [-0.39, 0.29) is 12.1 Å². The van der Waals surface area contributed by atoms with Crippen molar-refractivity contribution in [2.24, 2.45) is 15.3 Å². The molecule has 6 nitrogen and oxygen atoms in total. The topological polar surface area (TPSA) is 87.7 Å². The fraction of sp³-hybridized carbons (Fsp3) is 0.857. The zero-order valence-electron chi connectivity index (χ0n) is 13.5. The minimum absolute atomic E-state index is 0.146. The second kappa shape index (κ2) is 7.09. The fourth-order valence-electron chi connectivity index (χ4n) is 1.32. The Morgan fingerprint density at radius 1 is 1.00 bits per heavy atom. The van der Waals surface area contributed by atoms with E-state index in [0.29, 0.717) is 6.54 Å². The summed E-state index contributed by atoms with van der Waals surface area (Å²) in [5.41, 5.74) is -1.94. The monoisotopic (exact) mass is 277 g/mol. The maximum atomic E-state index is 9.36. The molecule has 6 heteroatoms. The van der Waals surface area contributed by atoms with Gasteiger partial charge in [-0.2, -0.15) is 20.8 Å². The molecule has 0 N–H and O–H groups in total. The lowest BCUT2D eigenvalue weighted by Gasteiger charge is -2.16. The van der Waals surface area contributed by atoms with Gasteiger partial charge in [0.25, 0.3) is 0 Å². The molecule has 20 heavy (non-hydrogen) atoms. The third kappa shape index (κ3) is 6.38. The van der Waals surface area contributed by atoms with Gasteiger partial charge in [-0.25, -0.2) is 0 Å². The van der Waals surface area contributed by atoms with Gasteiger partial charge in [0.1, 0.15) is 12.1 Å². The first-order chi connectivity index (χ1) is 9.05. The molecular formula is C14H25N6+. The predicted molar refractivity (Wildman–Crippen MR) is 76.4 cm³/mol. The largest absolute Gasteiger partial charge is 0.224 e. The van der Waals surface area contributed by atoms with Crippen LogP contribution in [0.3, 0.4) is 0 Å². The summed E-state index contributed by atoms with van der Waals surface area (Å²) in [4.78, 5) is 0. The number of azo groups is 3. The summed E-state index contributed by atoms with van der Waals surface area (Å²) in [6, 6.07) is 4.52. The molecule has 0 aromatic heterocycles. The summed E-state index contributed by atoms with van der Waals surface area (Å²) in [7, 11) is 0. The van der Waals surface area contributed by atoms with Crippen LogP contribution in [0, 0.1) is 22.7 Å². The zero-order valence-corrected chi connectivity index (χ0v) is 13.5. The SMILES string of the molecule is CC(C)N=[N+](CC(C)(C#N)N=NC(C)(C)C#N)C(C)C. The Hall–Kier alpha value is -1.82. The van der Waals surface area contributed by atoms with Crippen LogP contribution < -0.4 is 0 Å². The Bertz CT molecular complexity index is 461. The molecule has 0 aliphatic heterocycles. The van der Waals surface area contributed by atoms with E-state index >= 15 is 0 Å². The van der Waals surface area contributed by atoms with E-state index < -0.39 is 11.1 Å². The van der Waals surface area contributed by atoms with E-state index in [1.54, 1.807) is 20.8 Å². The van der Waals surface area contributed by atoms with Crippen molar-refractivity contribution < 1.29 is 4.70 Å². The first-order valence-corrected chi connectivity index (χ1v) is 6.79. The van der Waals surface area contributed by atoms with Gasteiger partial charge >= 0.3 is 0 Å². The summed E-state index contributed by atoms with van der Waals surface area (Å²) in [6.07, 6.45) is 0. The van der Waals surface area contributed by atoms with Crippen LogP contribution in [0.15, 0.2) is 15.3 Å². The highest BCUT2D eigenvalue weighted by Gasteiger charge is 2.33. The minimum atomic E-state index is -1.02. The maximum Gasteiger partial charge on any atom is 0.224 e. The van der Waals surface area contributed by atoms with Gasteiger partial charge in [-0.15, -0.1) is 4.70 Å². The first-order valence-electron chi connectivity index (χ1n) is 6.79. The van der Waals surface area contributed by atoms with Gasteiger partial charge in [-0.3, -0.25) is 0 Å². The number of nitriles is 2. The summed E-state index contributed by atoms with van der Waals surface area (Å²) in [5, 5.41) is 30.9. The highest BCUT2D eigenvalue weighted by atomic mass is 15.3. The molecule has 0 rings (SSSR count). The Morgan fingerprint density at radius 2 is 1.55 bits per heavy atom. The maximum absolute atomic E-state index is 9.36. The van der Waals surface area contributed by atoms with Gasteiger partial charge in [0, 0.05) is 0 Å². The Morgan fingerprint density at radius 3 is 1.90 bits per heavy atom. The molecule has 0 spiro atoms. The molecule has 0 fully saturated rings. The molecule has 0 aliphatic rings. The lowest BCUT2D eigenvalue weighted by molar-refractivity contribution is -0.628. The average molecular weight is 277 g/mol. The molecule has 0 radical (unpaired) electrons. The number of nitrogens with zero attached hydrogens (tertiary/aromatic N) is 6. The van der Waals surface area contributed by atoms with Crippen LogP contribution in [-0.4, -0.2) is 34.4 Å². The fourth-order valence-corrected chi connectivity index (χ4v) is 1.32. The first kappa shape index (κ1) is 18.2. The van der Waals surface area contributed by atoms with Gasteiger partial charge in [0.15, 0.2) is 11.6 Å². The lowest BCUT2D eigenvalue weighted by Crippen LogP contribution is -2.36. The van der Waals surface area contributed by atoms with Gasteiger partial charge in [0.2, 0.25) is 12.1 Å². The molecule has 0 saturated carbocycles. The van der Waals surface area contributed by atoms with Crippen LogP contribution in [0.4, 0.5) is 0 Å². The molecule has 1 unspecified atom stereocenters. The quantitative estimate of drug-likeness (QED) is 0.550. The van der Waals surface area contributed by atoms with Gasteiger partial charge < -0.3 is 0 Å². The number of hydrogen-bond acceptors (Lipinski definition) is 5. The summed E-state index contributed by atoms with van der Waals surface area (Å²) in [5.74, 6) is 0. The molecule has 0 aromatic carbocycles. The number of rotatable bonds is 6. The van der Waals surface area contributed by atoms with E-state index in [0.717, 1.165) is 0 Å². The summed E-state index contributed by atoms with van der Waals surface area (Å²) >= 11 is 0. The number of hydrogen-bond donors (Lipinski definition) is 0. The molecule has 110 valence electrons. The second-order valence-electron chi connectivity index (χ2n) is 6.16. The van der Waals surface area contributed by atoms with E-state index in [4.69, 9.17) is 5.26 Å². The molecular weight excluding hydrogens is 252 g/mol. The van der Waals surface area contributed by atoms with Crippen molar-refractivity contribution in [3.63, 3.8) is 0 Å². The van der Waals surface area contributed by atoms with Crippen LogP contribution in [0.25, 0.3) is 0 Å². The van der Waals surface area contributed by atoms with Crippen molar-refractivity contribution in [3.05, 3.63) is 0 Å². The molecule has 0 aromatic rings. The standard InChI is InChI=1S/C14H25N6/c1-11(2)17-20(12(3)4)10-14(7,9-16)19-18-13(5,6)8-15/h11-12H,10H2,1-7H3/q+1. The Labute approximate surface area is 121 Å². The highest BCUT2D eigenvalue weighted by Crippen LogP contribution is 2.16. The van der Waals surface area contributed by atoms with Crippen LogP contribution in [0.5, 0.6) is 0 Å². The molecule has 0 amide bonds. The summed E-state index contributed by atoms with van der Waals surface area (Å²) < 4.78 is 1.85. The smallest absolute Gasteiger partial charge is 0.196 e. The van der Waals surface area contributed by atoms with Crippen molar-refractivity contribution in [3.8, 4) is 12.1 Å². The van der Waals surface area contributed by atoms with Gasteiger partial charge in [0.05, 0.1) is 6.07 Å². The lowest BCUT2D eigenvalue weighted by atomic mass is 10.1. The second-order valence-corrected chi connectivity index (χ2v) is 6.16. The van der Waals surface area contributed by atoms with Crippen molar-refractivity contribution >= 4 is 0 Å². The third-order valence-electron chi connectivity index (χ3n) is 2.48. The van der Waals surface area contributed by atoms with E-state index in [9.17, 15) is 5.26 Å². The van der Waals surface area contributed by atoms with Crippen molar-refractivity contribution in [2.75, 3.05) is 6.54 Å². The van der Waals surface area contributed by atoms with Crippen molar-refractivity contribution in [1.82, 2.24) is 0 Å². The zero-order chi connectivity index (χ0) is 16.0. The normalized spacial score (nSPS) is 16.2. The van der Waals surface area contributed by atoms with E-state index in [1.165, 1.54) is 0 Å². The molecule has 0 aliphatic carbocycles. The van der Waals surface area contributed by atoms with Crippen molar-refractivity contribution in [2.45, 2.75) is 71.6 Å². The Kier molecular flexibility index (Phi) is 6.45. The van der Waals surface area contributed by atoms with Gasteiger partial charge in [-0.1, -0.05) is 0 Å². The minimum Gasteiger partial charge on any atom is -0.196 e. The van der Waals surface area contributed by atoms with Crippen LogP contribution in [0.2, 0.25) is 0 Å². The van der Waals surface area contributed by atoms with Crippen molar-refractivity contribution in [1.29, 1.82) is 10.5 Å². The molecule has 0 heterocycles. The van der Waals surface area contributed by atoms with Gasteiger partial charge in [-0.05, 0) is 53.6 Å². The van der Waals surface area contributed by atoms with Crippen LogP contribution in [0.1, 0.15) is 48.5 Å². The third-order valence-corrected chi connectivity index (χ3v) is 2.48. The van der Waals surface area contributed by atoms with E-state index in [1.807, 2.05) is 38.5 Å². The predicted octanol–water partition coefficient (Wildman–Crippen LogP) is 3.30. The average Bonchev–Trinajstić information content (AvgIpc) is 2.35. The highest BCUT2D eigenvalue weighted by molar-refractivity contribution is 5.05. The Balaban J connectivity index is 5.28.